The molecule has 0 radical (unpaired) electrons. The number of rotatable bonds is 1. The van der Waals surface area contributed by atoms with E-state index in [0.717, 1.165) is 11.3 Å². The van der Waals surface area contributed by atoms with E-state index in [0.29, 0.717) is 10.3 Å². The van der Waals surface area contributed by atoms with Crippen molar-refractivity contribution in [3.05, 3.63) is 34.2 Å². The molecule has 78 valence electrons. The first-order valence-corrected chi connectivity index (χ1v) is 5.16. The molecule has 0 atom stereocenters. The Balaban J connectivity index is 2.75. The van der Waals surface area contributed by atoms with Crippen molar-refractivity contribution in [2.75, 3.05) is 7.11 Å². The lowest BCUT2D eigenvalue weighted by molar-refractivity contribution is 0.0593. The Hall–Kier alpha value is -1.36. The van der Waals surface area contributed by atoms with Gasteiger partial charge in [0.25, 0.3) is 0 Å². The number of aryl methyl sites for hydroxylation is 1. The maximum Gasteiger partial charge on any atom is 0.359 e. The Morgan fingerprint density at radius 1 is 1.53 bits per heavy atom. The fourth-order valence-electron chi connectivity index (χ4n) is 1.44. The number of pyridine rings is 1. The van der Waals surface area contributed by atoms with E-state index in [4.69, 9.17) is 0 Å². The van der Waals surface area contributed by atoms with Crippen molar-refractivity contribution in [2.24, 2.45) is 0 Å². The minimum atomic E-state index is -0.440. The Morgan fingerprint density at radius 2 is 2.27 bits per heavy atom. The number of aromatic nitrogens is 2. The number of carbonyl (C=O) groups is 1. The topological polar surface area (TPSA) is 43.6 Å². The third-order valence-corrected chi connectivity index (χ3v) is 2.89. The van der Waals surface area contributed by atoms with Gasteiger partial charge in [-0.25, -0.2) is 9.78 Å². The lowest BCUT2D eigenvalue weighted by Crippen LogP contribution is -2.02. The van der Waals surface area contributed by atoms with Crippen LogP contribution in [0.15, 0.2) is 22.8 Å². The van der Waals surface area contributed by atoms with Crippen LogP contribution in [0.1, 0.15) is 16.2 Å². The van der Waals surface area contributed by atoms with Crippen LogP contribution >= 0.6 is 15.9 Å². The molecule has 4 nitrogen and oxygen atoms in total. The summed E-state index contributed by atoms with van der Waals surface area (Å²) in [5, 5.41) is 0. The molecular formula is C10H9BrN2O2. The number of esters is 1. The highest BCUT2D eigenvalue weighted by Gasteiger charge is 2.17. The second-order valence-electron chi connectivity index (χ2n) is 3.10. The third-order valence-electron chi connectivity index (χ3n) is 2.16. The van der Waals surface area contributed by atoms with E-state index in [2.05, 4.69) is 25.7 Å². The number of hydrogen-bond donors (Lipinski definition) is 0. The van der Waals surface area contributed by atoms with E-state index >= 15 is 0 Å². The van der Waals surface area contributed by atoms with Gasteiger partial charge in [0.2, 0.25) is 0 Å². The number of fused-ring (bicyclic) bond motifs is 1. The number of carbonyl (C=O) groups excluding carboxylic acids is 1. The summed E-state index contributed by atoms with van der Waals surface area (Å²) in [5.41, 5.74) is 2.02. The fraction of sp³-hybridized carbons (Fsp3) is 0.200. The molecule has 0 unspecified atom stereocenters. The first kappa shape index (κ1) is 10.2. The van der Waals surface area contributed by atoms with E-state index in [-0.39, 0.29) is 0 Å². The summed E-state index contributed by atoms with van der Waals surface area (Å²) in [6.45, 7) is 1.94. The molecule has 0 aliphatic heterocycles. The zero-order valence-electron chi connectivity index (χ0n) is 8.32. The minimum Gasteiger partial charge on any atom is -0.464 e. The first-order valence-electron chi connectivity index (χ1n) is 4.37. The van der Waals surface area contributed by atoms with E-state index in [1.807, 2.05) is 29.5 Å². The van der Waals surface area contributed by atoms with Gasteiger partial charge in [0.1, 0.15) is 10.3 Å². The van der Waals surface area contributed by atoms with Gasteiger partial charge in [-0.2, -0.15) is 0 Å². The molecule has 0 aromatic carbocycles. The predicted molar refractivity (Wildman–Crippen MR) is 59.0 cm³/mol. The summed E-state index contributed by atoms with van der Waals surface area (Å²) < 4.78 is 7.12. The molecule has 0 spiro atoms. The molecule has 0 aliphatic carbocycles. The summed E-state index contributed by atoms with van der Waals surface area (Å²) in [5.74, 6) is -0.440. The van der Waals surface area contributed by atoms with Crippen LogP contribution in [0.4, 0.5) is 0 Å². The lowest BCUT2D eigenvalue weighted by Gasteiger charge is -1.99. The largest absolute Gasteiger partial charge is 0.464 e. The van der Waals surface area contributed by atoms with Crippen LogP contribution in [-0.2, 0) is 4.74 Å². The zero-order valence-corrected chi connectivity index (χ0v) is 9.91. The van der Waals surface area contributed by atoms with Crippen LogP contribution in [0.3, 0.4) is 0 Å². The SMILES string of the molecule is COC(=O)c1nc2cccc(C)n2c1Br. The first-order chi connectivity index (χ1) is 7.15. The van der Waals surface area contributed by atoms with Gasteiger partial charge >= 0.3 is 5.97 Å². The number of imidazole rings is 1. The molecule has 0 saturated carbocycles. The Labute approximate surface area is 95.0 Å². The molecule has 2 rings (SSSR count). The molecule has 0 fully saturated rings. The molecule has 0 N–H and O–H groups in total. The second-order valence-corrected chi connectivity index (χ2v) is 3.85. The highest BCUT2D eigenvalue weighted by atomic mass is 79.9. The van der Waals surface area contributed by atoms with E-state index in [1.165, 1.54) is 7.11 Å². The summed E-state index contributed by atoms with van der Waals surface area (Å²) in [6, 6.07) is 5.68. The average Bonchev–Trinajstić information content (AvgIpc) is 2.56. The molecule has 5 heteroatoms. The van der Waals surface area contributed by atoms with Gasteiger partial charge in [0.05, 0.1) is 7.11 Å². The second kappa shape index (κ2) is 3.66. The monoisotopic (exact) mass is 268 g/mol. The van der Waals surface area contributed by atoms with Crippen molar-refractivity contribution in [1.82, 2.24) is 9.38 Å². The van der Waals surface area contributed by atoms with Gasteiger partial charge in [0.15, 0.2) is 5.69 Å². The van der Waals surface area contributed by atoms with Gasteiger partial charge in [-0.05, 0) is 35.0 Å². The molecule has 0 aliphatic rings. The molecular weight excluding hydrogens is 260 g/mol. The quantitative estimate of drug-likeness (QED) is 0.745. The summed E-state index contributed by atoms with van der Waals surface area (Å²) in [7, 11) is 1.34. The van der Waals surface area contributed by atoms with Crippen LogP contribution in [0.25, 0.3) is 5.65 Å². The van der Waals surface area contributed by atoms with Gasteiger partial charge < -0.3 is 4.74 Å². The van der Waals surface area contributed by atoms with Crippen molar-refractivity contribution in [2.45, 2.75) is 6.92 Å². The zero-order chi connectivity index (χ0) is 11.0. The van der Waals surface area contributed by atoms with E-state index < -0.39 is 5.97 Å². The number of halogens is 1. The fourth-order valence-corrected chi connectivity index (χ4v) is 2.15. The maximum absolute atomic E-state index is 11.4. The normalized spacial score (nSPS) is 10.6. The Morgan fingerprint density at radius 3 is 2.87 bits per heavy atom. The van der Waals surface area contributed by atoms with Crippen LogP contribution in [-0.4, -0.2) is 22.5 Å². The highest BCUT2D eigenvalue weighted by molar-refractivity contribution is 9.10. The minimum absolute atomic E-state index is 0.298. The van der Waals surface area contributed by atoms with E-state index in [9.17, 15) is 4.79 Å². The summed E-state index contributed by atoms with van der Waals surface area (Å²) >= 11 is 3.34. The van der Waals surface area contributed by atoms with Crippen molar-refractivity contribution in [3.63, 3.8) is 0 Å². The number of hydrogen-bond acceptors (Lipinski definition) is 3. The van der Waals surface area contributed by atoms with Crippen molar-refractivity contribution < 1.29 is 9.53 Å². The van der Waals surface area contributed by atoms with Gasteiger partial charge in [0, 0.05) is 5.69 Å². The average molecular weight is 269 g/mol. The standard InChI is InChI=1S/C10H9BrN2O2/c1-6-4-3-5-7-12-8(10(14)15-2)9(11)13(6)7/h3-5H,1-2H3. The summed E-state index contributed by atoms with van der Waals surface area (Å²) in [6.07, 6.45) is 0. The molecule has 0 saturated heterocycles. The lowest BCUT2D eigenvalue weighted by atomic mass is 10.4. The highest BCUT2D eigenvalue weighted by Crippen LogP contribution is 2.21. The predicted octanol–water partition coefficient (Wildman–Crippen LogP) is 2.19. The van der Waals surface area contributed by atoms with Gasteiger partial charge in [-0.15, -0.1) is 0 Å². The Bertz CT molecular complexity index is 533. The van der Waals surface area contributed by atoms with Crippen molar-refractivity contribution >= 4 is 27.5 Å². The van der Waals surface area contributed by atoms with Crippen LogP contribution in [0.2, 0.25) is 0 Å². The summed E-state index contributed by atoms with van der Waals surface area (Å²) in [4.78, 5) is 15.6. The van der Waals surface area contributed by atoms with Crippen LogP contribution in [0, 0.1) is 6.92 Å². The Kier molecular flexibility index (Phi) is 2.48. The smallest absolute Gasteiger partial charge is 0.359 e. The van der Waals surface area contributed by atoms with Crippen molar-refractivity contribution in [1.29, 1.82) is 0 Å². The van der Waals surface area contributed by atoms with Crippen molar-refractivity contribution in [3.8, 4) is 0 Å². The van der Waals surface area contributed by atoms with Crippen LogP contribution in [0.5, 0.6) is 0 Å². The maximum atomic E-state index is 11.4. The van der Waals surface area contributed by atoms with Crippen LogP contribution < -0.4 is 0 Å². The molecule has 15 heavy (non-hydrogen) atoms. The van der Waals surface area contributed by atoms with Gasteiger partial charge in [-0.3, -0.25) is 4.40 Å². The number of ether oxygens (including phenoxy) is 1. The van der Waals surface area contributed by atoms with E-state index in [1.54, 1.807) is 0 Å². The number of nitrogens with zero attached hydrogens (tertiary/aromatic N) is 2. The molecule has 0 amide bonds. The molecule has 0 bridgehead atoms. The molecule has 2 aromatic heterocycles. The molecule has 2 aromatic rings. The third kappa shape index (κ3) is 1.52. The van der Waals surface area contributed by atoms with Gasteiger partial charge in [-0.1, -0.05) is 6.07 Å². The molecule has 2 heterocycles. The number of methoxy groups -OCH3 is 1.